The van der Waals surface area contributed by atoms with Gasteiger partial charge in [-0.05, 0) is 29.3 Å². The standard InChI is InChI=1S/C18H16N2O/c19-18-15(13-14-7-3-1-4-8-14)11-12-17(20-18)21-16-9-5-2-6-10-16/h1-12H,13H2,(H2,19,20). The second-order valence-corrected chi connectivity index (χ2v) is 4.77. The van der Waals surface area contributed by atoms with Crippen LogP contribution in [0.1, 0.15) is 11.1 Å². The summed E-state index contributed by atoms with van der Waals surface area (Å²) >= 11 is 0. The fourth-order valence-electron chi connectivity index (χ4n) is 2.12. The van der Waals surface area contributed by atoms with Crippen LogP contribution in [0.15, 0.2) is 72.8 Å². The SMILES string of the molecule is Nc1nc(Oc2ccccc2)ccc1Cc1ccccc1. The lowest BCUT2D eigenvalue weighted by atomic mass is 10.1. The number of rotatable bonds is 4. The third-order valence-electron chi connectivity index (χ3n) is 3.19. The molecule has 21 heavy (non-hydrogen) atoms. The van der Waals surface area contributed by atoms with Crippen LogP contribution in [0, 0.1) is 0 Å². The molecule has 3 rings (SSSR count). The second kappa shape index (κ2) is 6.09. The predicted molar refractivity (Wildman–Crippen MR) is 84.4 cm³/mol. The Morgan fingerprint density at radius 2 is 1.48 bits per heavy atom. The number of ether oxygens (including phenoxy) is 1. The molecule has 0 bridgehead atoms. The topological polar surface area (TPSA) is 48.1 Å². The van der Waals surface area contributed by atoms with Crippen LogP contribution in [-0.2, 0) is 6.42 Å². The van der Waals surface area contributed by atoms with Crippen molar-refractivity contribution in [3.63, 3.8) is 0 Å². The molecule has 0 aliphatic carbocycles. The van der Waals surface area contributed by atoms with Crippen molar-refractivity contribution in [2.45, 2.75) is 6.42 Å². The van der Waals surface area contributed by atoms with Crippen molar-refractivity contribution in [1.29, 1.82) is 0 Å². The average molecular weight is 276 g/mol. The first-order valence-electron chi connectivity index (χ1n) is 6.83. The number of nitrogens with zero attached hydrogens (tertiary/aromatic N) is 1. The third kappa shape index (κ3) is 3.39. The normalized spacial score (nSPS) is 10.3. The minimum atomic E-state index is 0.507. The van der Waals surface area contributed by atoms with Crippen LogP contribution in [0.25, 0.3) is 0 Å². The number of para-hydroxylation sites is 1. The molecule has 1 aromatic heterocycles. The van der Waals surface area contributed by atoms with E-state index in [0.717, 1.165) is 17.7 Å². The van der Waals surface area contributed by atoms with Crippen LogP contribution in [0.2, 0.25) is 0 Å². The minimum Gasteiger partial charge on any atom is -0.439 e. The Labute approximate surface area is 124 Å². The van der Waals surface area contributed by atoms with Crippen LogP contribution in [0.4, 0.5) is 5.82 Å². The van der Waals surface area contributed by atoms with Crippen molar-refractivity contribution in [2.75, 3.05) is 5.73 Å². The smallest absolute Gasteiger partial charge is 0.221 e. The van der Waals surface area contributed by atoms with E-state index in [0.29, 0.717) is 11.7 Å². The second-order valence-electron chi connectivity index (χ2n) is 4.77. The van der Waals surface area contributed by atoms with Gasteiger partial charge < -0.3 is 10.5 Å². The highest BCUT2D eigenvalue weighted by Crippen LogP contribution is 2.23. The van der Waals surface area contributed by atoms with Crippen LogP contribution < -0.4 is 10.5 Å². The number of pyridine rings is 1. The van der Waals surface area contributed by atoms with E-state index in [4.69, 9.17) is 10.5 Å². The van der Waals surface area contributed by atoms with E-state index in [1.807, 2.05) is 60.7 Å². The lowest BCUT2D eigenvalue weighted by Crippen LogP contribution is -2.00. The molecule has 0 aliphatic rings. The van der Waals surface area contributed by atoms with E-state index in [2.05, 4.69) is 17.1 Å². The summed E-state index contributed by atoms with van der Waals surface area (Å²) in [6.45, 7) is 0. The maximum Gasteiger partial charge on any atom is 0.221 e. The highest BCUT2D eigenvalue weighted by molar-refractivity contribution is 5.45. The van der Waals surface area contributed by atoms with Gasteiger partial charge in [0.25, 0.3) is 0 Å². The Hall–Kier alpha value is -2.81. The first kappa shape index (κ1) is 13.2. The van der Waals surface area contributed by atoms with E-state index in [1.54, 1.807) is 0 Å². The Morgan fingerprint density at radius 1 is 0.810 bits per heavy atom. The van der Waals surface area contributed by atoms with E-state index in [9.17, 15) is 0 Å². The summed E-state index contributed by atoms with van der Waals surface area (Å²) in [5, 5.41) is 0. The Bertz CT molecular complexity index is 712. The van der Waals surface area contributed by atoms with Gasteiger partial charge in [0.1, 0.15) is 11.6 Å². The summed E-state index contributed by atoms with van der Waals surface area (Å²) in [6, 6.07) is 23.6. The summed E-state index contributed by atoms with van der Waals surface area (Å²) < 4.78 is 5.67. The first-order valence-corrected chi connectivity index (χ1v) is 6.83. The zero-order valence-electron chi connectivity index (χ0n) is 11.6. The minimum absolute atomic E-state index is 0.507. The molecule has 2 aromatic carbocycles. The van der Waals surface area contributed by atoms with E-state index in [1.165, 1.54) is 5.56 Å². The maximum atomic E-state index is 6.03. The molecule has 0 spiro atoms. The molecular formula is C18H16N2O. The Kier molecular flexibility index (Phi) is 3.83. The molecule has 0 aliphatic heterocycles. The summed E-state index contributed by atoms with van der Waals surface area (Å²) in [5.41, 5.74) is 8.24. The molecule has 0 radical (unpaired) electrons. The van der Waals surface area contributed by atoms with Crippen molar-refractivity contribution in [3.8, 4) is 11.6 Å². The number of nitrogen functional groups attached to an aromatic ring is 1. The van der Waals surface area contributed by atoms with E-state index >= 15 is 0 Å². The maximum absolute atomic E-state index is 6.03. The molecule has 3 aromatic rings. The molecule has 3 heteroatoms. The lowest BCUT2D eigenvalue weighted by molar-refractivity contribution is 0.463. The number of hydrogen-bond donors (Lipinski definition) is 1. The molecule has 104 valence electrons. The van der Waals surface area contributed by atoms with Gasteiger partial charge in [0.05, 0.1) is 0 Å². The zero-order valence-corrected chi connectivity index (χ0v) is 11.6. The summed E-state index contributed by atoms with van der Waals surface area (Å²) in [4.78, 5) is 4.32. The summed E-state index contributed by atoms with van der Waals surface area (Å²) in [5.74, 6) is 1.77. The van der Waals surface area contributed by atoms with Crippen molar-refractivity contribution >= 4 is 5.82 Å². The van der Waals surface area contributed by atoms with Crippen LogP contribution in [-0.4, -0.2) is 4.98 Å². The molecule has 0 amide bonds. The molecule has 0 fully saturated rings. The molecule has 0 saturated heterocycles. The van der Waals surface area contributed by atoms with Crippen molar-refractivity contribution in [3.05, 3.63) is 83.9 Å². The van der Waals surface area contributed by atoms with Gasteiger partial charge >= 0.3 is 0 Å². The first-order chi connectivity index (χ1) is 10.3. The molecule has 0 atom stereocenters. The fraction of sp³-hybridized carbons (Fsp3) is 0.0556. The summed E-state index contributed by atoms with van der Waals surface area (Å²) in [7, 11) is 0. The van der Waals surface area contributed by atoms with Gasteiger partial charge in [-0.2, -0.15) is 4.98 Å². The molecule has 0 saturated carbocycles. The molecule has 3 nitrogen and oxygen atoms in total. The van der Waals surface area contributed by atoms with Gasteiger partial charge in [-0.3, -0.25) is 0 Å². The monoisotopic (exact) mass is 276 g/mol. The van der Waals surface area contributed by atoms with Gasteiger partial charge in [-0.25, -0.2) is 0 Å². The Balaban J connectivity index is 1.77. The number of anilines is 1. The highest BCUT2D eigenvalue weighted by Gasteiger charge is 2.05. The van der Waals surface area contributed by atoms with Crippen LogP contribution in [0.3, 0.4) is 0 Å². The Morgan fingerprint density at radius 3 is 2.14 bits per heavy atom. The largest absolute Gasteiger partial charge is 0.439 e. The summed E-state index contributed by atoms with van der Waals surface area (Å²) in [6.07, 6.45) is 0.769. The fourth-order valence-corrected chi connectivity index (χ4v) is 2.12. The number of hydrogen-bond acceptors (Lipinski definition) is 3. The van der Waals surface area contributed by atoms with Crippen LogP contribution in [0.5, 0.6) is 11.6 Å². The van der Waals surface area contributed by atoms with Gasteiger partial charge in [0, 0.05) is 12.5 Å². The molecular weight excluding hydrogens is 260 g/mol. The van der Waals surface area contributed by atoms with Gasteiger partial charge in [-0.15, -0.1) is 0 Å². The number of aromatic nitrogens is 1. The lowest BCUT2D eigenvalue weighted by Gasteiger charge is -2.08. The van der Waals surface area contributed by atoms with Gasteiger partial charge in [0.15, 0.2) is 0 Å². The third-order valence-corrected chi connectivity index (χ3v) is 3.19. The quantitative estimate of drug-likeness (QED) is 0.782. The van der Waals surface area contributed by atoms with Crippen molar-refractivity contribution < 1.29 is 4.74 Å². The molecule has 2 N–H and O–H groups in total. The predicted octanol–water partition coefficient (Wildman–Crippen LogP) is 4.05. The average Bonchev–Trinajstić information content (AvgIpc) is 2.52. The highest BCUT2D eigenvalue weighted by atomic mass is 16.5. The van der Waals surface area contributed by atoms with E-state index < -0.39 is 0 Å². The van der Waals surface area contributed by atoms with Crippen molar-refractivity contribution in [1.82, 2.24) is 4.98 Å². The van der Waals surface area contributed by atoms with Gasteiger partial charge in [0.2, 0.25) is 5.88 Å². The zero-order chi connectivity index (χ0) is 14.5. The molecule has 0 unspecified atom stereocenters. The van der Waals surface area contributed by atoms with Crippen LogP contribution >= 0.6 is 0 Å². The van der Waals surface area contributed by atoms with Gasteiger partial charge in [-0.1, -0.05) is 48.5 Å². The number of nitrogens with two attached hydrogens (primary N) is 1. The van der Waals surface area contributed by atoms with E-state index in [-0.39, 0.29) is 0 Å². The van der Waals surface area contributed by atoms with Crippen molar-refractivity contribution in [2.24, 2.45) is 0 Å². The number of benzene rings is 2. The molecule has 1 heterocycles.